The number of hydrogen-bond donors (Lipinski definition) is 0. The molecule has 0 radical (unpaired) electrons. The molecule has 5 heteroatoms. The summed E-state index contributed by atoms with van der Waals surface area (Å²) in [6.45, 7) is 11.0. The average Bonchev–Trinajstić information content (AvgIpc) is 2.49. The van der Waals surface area contributed by atoms with Crippen LogP contribution in [-0.4, -0.2) is 50.3 Å². The van der Waals surface area contributed by atoms with E-state index in [1.54, 1.807) is 0 Å². The third kappa shape index (κ3) is 10.3. The molecule has 0 N–H and O–H groups in total. The Hall–Kier alpha value is 0.840. The van der Waals surface area contributed by atoms with Gasteiger partial charge >= 0.3 is 0 Å². The van der Waals surface area contributed by atoms with Gasteiger partial charge < -0.3 is 14.2 Å². The van der Waals surface area contributed by atoms with Gasteiger partial charge in [0.15, 0.2) is 0 Å². The van der Waals surface area contributed by atoms with Crippen LogP contribution >= 0.6 is 31.9 Å². The molecule has 0 aromatic rings. The number of hydrogen-bond acceptors (Lipinski definition) is 3. The van der Waals surface area contributed by atoms with Crippen LogP contribution in [0.25, 0.3) is 0 Å². The van der Waals surface area contributed by atoms with Gasteiger partial charge in [0.25, 0.3) is 0 Å². The Morgan fingerprint density at radius 1 is 0.810 bits per heavy atom. The predicted molar refractivity (Wildman–Crippen MR) is 96.8 cm³/mol. The van der Waals surface area contributed by atoms with Crippen LogP contribution in [0.15, 0.2) is 0 Å². The van der Waals surface area contributed by atoms with Crippen molar-refractivity contribution in [1.82, 2.24) is 0 Å². The smallest absolute Gasteiger partial charge is 0.0701 e. The highest BCUT2D eigenvalue weighted by atomic mass is 79.9. The summed E-state index contributed by atoms with van der Waals surface area (Å²) in [5.74, 6) is 0.622. The molecule has 0 aliphatic carbocycles. The molecule has 21 heavy (non-hydrogen) atoms. The standard InChI is InChI=1S/C16H32Br2O3/c1-4-5-7-19-9-11-21-12-10-20-8-6-16(13-17,14-18)15(2)3/h15H,4-14H2,1-3H3. The highest BCUT2D eigenvalue weighted by molar-refractivity contribution is 9.09. The van der Waals surface area contributed by atoms with Crippen molar-refractivity contribution in [3.63, 3.8) is 0 Å². The van der Waals surface area contributed by atoms with E-state index in [-0.39, 0.29) is 5.41 Å². The van der Waals surface area contributed by atoms with Crippen molar-refractivity contribution in [3.8, 4) is 0 Å². The summed E-state index contributed by atoms with van der Waals surface area (Å²) < 4.78 is 16.6. The monoisotopic (exact) mass is 430 g/mol. The molecule has 0 heterocycles. The van der Waals surface area contributed by atoms with Gasteiger partial charge in [-0.05, 0) is 24.2 Å². The van der Waals surface area contributed by atoms with E-state index in [9.17, 15) is 0 Å². The van der Waals surface area contributed by atoms with Crippen LogP contribution in [0.4, 0.5) is 0 Å². The molecule has 0 saturated carbocycles. The Labute approximate surface area is 147 Å². The maximum absolute atomic E-state index is 5.68. The van der Waals surface area contributed by atoms with Crippen molar-refractivity contribution in [2.45, 2.75) is 40.0 Å². The Bertz CT molecular complexity index is 222. The van der Waals surface area contributed by atoms with Gasteiger partial charge in [0.05, 0.1) is 26.4 Å². The molecule has 0 aromatic heterocycles. The molecule has 0 aliphatic heterocycles. The zero-order valence-corrected chi connectivity index (χ0v) is 17.0. The lowest BCUT2D eigenvalue weighted by atomic mass is 9.78. The van der Waals surface area contributed by atoms with E-state index in [1.807, 2.05) is 0 Å². The van der Waals surface area contributed by atoms with Crippen molar-refractivity contribution in [1.29, 1.82) is 0 Å². The van der Waals surface area contributed by atoms with Crippen LogP contribution < -0.4 is 0 Å². The molecule has 128 valence electrons. The molecule has 0 rings (SSSR count). The number of ether oxygens (including phenoxy) is 3. The molecular weight excluding hydrogens is 400 g/mol. The first kappa shape index (κ1) is 21.8. The third-order valence-electron chi connectivity index (χ3n) is 3.89. The maximum atomic E-state index is 5.68. The molecule has 0 saturated heterocycles. The fourth-order valence-electron chi connectivity index (χ4n) is 1.83. The molecule has 0 spiro atoms. The van der Waals surface area contributed by atoms with Crippen molar-refractivity contribution >= 4 is 31.9 Å². The Morgan fingerprint density at radius 3 is 1.71 bits per heavy atom. The van der Waals surface area contributed by atoms with Gasteiger partial charge in [-0.2, -0.15) is 0 Å². The molecule has 0 amide bonds. The van der Waals surface area contributed by atoms with Crippen molar-refractivity contribution in [2.75, 3.05) is 50.3 Å². The first-order chi connectivity index (χ1) is 10.1. The Balaban J connectivity index is 3.46. The lowest BCUT2D eigenvalue weighted by Crippen LogP contribution is -2.32. The van der Waals surface area contributed by atoms with E-state index in [2.05, 4.69) is 52.6 Å². The second-order valence-corrected chi connectivity index (χ2v) is 6.85. The maximum Gasteiger partial charge on any atom is 0.0701 e. The van der Waals surface area contributed by atoms with E-state index in [1.165, 1.54) is 6.42 Å². The van der Waals surface area contributed by atoms with Crippen LogP contribution in [0, 0.1) is 11.3 Å². The fraction of sp³-hybridized carbons (Fsp3) is 1.00. The number of rotatable bonds is 15. The fourth-order valence-corrected chi connectivity index (χ4v) is 4.61. The summed E-state index contributed by atoms with van der Waals surface area (Å²) in [6.07, 6.45) is 3.36. The first-order valence-corrected chi connectivity index (χ1v) is 10.2. The lowest BCUT2D eigenvalue weighted by molar-refractivity contribution is 0.00784. The molecule has 0 fully saturated rings. The third-order valence-corrected chi connectivity index (χ3v) is 6.12. The molecule has 0 aromatic carbocycles. The second-order valence-electron chi connectivity index (χ2n) is 5.73. The van der Waals surface area contributed by atoms with Crippen LogP contribution in [-0.2, 0) is 14.2 Å². The van der Waals surface area contributed by atoms with Gasteiger partial charge in [0, 0.05) is 23.9 Å². The highest BCUT2D eigenvalue weighted by Gasteiger charge is 2.31. The molecule has 3 nitrogen and oxygen atoms in total. The van der Waals surface area contributed by atoms with Crippen LogP contribution in [0.1, 0.15) is 40.0 Å². The number of alkyl halides is 2. The average molecular weight is 432 g/mol. The summed E-state index contributed by atoms with van der Waals surface area (Å²) in [5.41, 5.74) is 0.272. The predicted octanol–water partition coefficient (Wildman–Crippen LogP) is 4.66. The minimum Gasteiger partial charge on any atom is -0.379 e. The quantitative estimate of drug-likeness (QED) is 0.278. The highest BCUT2D eigenvalue weighted by Crippen LogP contribution is 2.35. The van der Waals surface area contributed by atoms with Crippen molar-refractivity contribution in [3.05, 3.63) is 0 Å². The van der Waals surface area contributed by atoms with E-state index in [0.717, 1.165) is 36.7 Å². The molecule has 0 atom stereocenters. The first-order valence-electron chi connectivity index (χ1n) is 7.98. The summed E-state index contributed by atoms with van der Waals surface area (Å²) in [4.78, 5) is 0. The van der Waals surface area contributed by atoms with Gasteiger partial charge in [-0.15, -0.1) is 0 Å². The molecular formula is C16H32Br2O3. The van der Waals surface area contributed by atoms with Crippen LogP contribution in [0.2, 0.25) is 0 Å². The summed E-state index contributed by atoms with van der Waals surface area (Å²) in [6, 6.07) is 0. The summed E-state index contributed by atoms with van der Waals surface area (Å²) >= 11 is 7.28. The zero-order valence-electron chi connectivity index (χ0n) is 13.8. The van der Waals surface area contributed by atoms with Crippen molar-refractivity contribution < 1.29 is 14.2 Å². The molecule has 0 bridgehead atoms. The van der Waals surface area contributed by atoms with E-state index >= 15 is 0 Å². The SMILES string of the molecule is CCCCOCCOCCOCCC(CBr)(CBr)C(C)C. The second kappa shape index (κ2) is 14.4. The van der Waals surface area contributed by atoms with Gasteiger partial charge in [0.2, 0.25) is 0 Å². The van der Waals surface area contributed by atoms with Crippen molar-refractivity contribution in [2.24, 2.45) is 11.3 Å². The largest absolute Gasteiger partial charge is 0.379 e. The number of unbranched alkanes of at least 4 members (excludes halogenated alkanes) is 1. The van der Waals surface area contributed by atoms with Crippen LogP contribution in [0.5, 0.6) is 0 Å². The Morgan fingerprint density at radius 2 is 1.29 bits per heavy atom. The van der Waals surface area contributed by atoms with Gasteiger partial charge in [-0.1, -0.05) is 59.1 Å². The Kier molecular flexibility index (Phi) is 15.0. The molecule has 0 unspecified atom stereocenters. The summed E-state index contributed by atoms with van der Waals surface area (Å²) in [5, 5.41) is 2.00. The van der Waals surface area contributed by atoms with E-state index in [0.29, 0.717) is 32.3 Å². The minimum atomic E-state index is 0.272. The van der Waals surface area contributed by atoms with E-state index < -0.39 is 0 Å². The van der Waals surface area contributed by atoms with E-state index in [4.69, 9.17) is 14.2 Å². The summed E-state index contributed by atoms with van der Waals surface area (Å²) in [7, 11) is 0. The molecule has 0 aliphatic rings. The topological polar surface area (TPSA) is 27.7 Å². The minimum absolute atomic E-state index is 0.272. The normalized spacial score (nSPS) is 12.3. The lowest BCUT2D eigenvalue weighted by Gasteiger charge is -2.34. The number of halogens is 2. The van der Waals surface area contributed by atoms with Crippen LogP contribution in [0.3, 0.4) is 0 Å². The van der Waals surface area contributed by atoms with Gasteiger partial charge in [-0.3, -0.25) is 0 Å². The van der Waals surface area contributed by atoms with Gasteiger partial charge in [0.1, 0.15) is 0 Å². The zero-order chi connectivity index (χ0) is 16.0. The van der Waals surface area contributed by atoms with Gasteiger partial charge in [-0.25, -0.2) is 0 Å².